The number of hydrogen-bond acceptors (Lipinski definition) is 5. The Labute approximate surface area is 108 Å². The highest BCUT2D eigenvalue weighted by Crippen LogP contribution is 2.30. The predicted octanol–water partition coefficient (Wildman–Crippen LogP) is 2.82. The van der Waals surface area contributed by atoms with Crippen LogP contribution in [-0.4, -0.2) is 34.6 Å². The van der Waals surface area contributed by atoms with E-state index in [1.165, 1.54) is 0 Å². The second-order valence-corrected chi connectivity index (χ2v) is 5.14. The summed E-state index contributed by atoms with van der Waals surface area (Å²) < 4.78 is 5.33. The highest BCUT2D eigenvalue weighted by atomic mass is 32.2. The molecule has 1 heterocycles. The van der Waals surface area contributed by atoms with E-state index in [4.69, 9.17) is 4.74 Å². The molecule has 0 fully saturated rings. The highest BCUT2D eigenvalue weighted by Gasteiger charge is 2.24. The normalized spacial score (nSPS) is 11.3. The van der Waals surface area contributed by atoms with Gasteiger partial charge in [-0.15, -0.1) is 0 Å². The number of hydrogen-bond donors (Lipinski definition) is 1. The molecule has 1 aromatic rings. The van der Waals surface area contributed by atoms with Crippen LogP contribution < -0.4 is 10.1 Å². The predicted molar refractivity (Wildman–Crippen MR) is 73.9 cm³/mol. The summed E-state index contributed by atoms with van der Waals surface area (Å²) in [5, 5.41) is 3.29. The lowest BCUT2D eigenvalue weighted by Crippen LogP contribution is -2.32. The van der Waals surface area contributed by atoms with Crippen molar-refractivity contribution in [1.29, 1.82) is 0 Å². The summed E-state index contributed by atoms with van der Waals surface area (Å²) in [6.07, 6.45) is 6.11. The molecule has 0 spiro atoms. The zero-order chi connectivity index (χ0) is 12.7. The Kier molecular flexibility index (Phi) is 5.55. The lowest BCUT2D eigenvalue weighted by molar-refractivity contribution is 0.397. The maximum atomic E-state index is 5.07. The minimum atomic E-state index is 0.256. The van der Waals surface area contributed by atoms with Gasteiger partial charge in [0.1, 0.15) is 0 Å². The number of nitrogens with zero attached hydrogens (tertiary/aromatic N) is 2. The monoisotopic (exact) mass is 255 g/mol. The van der Waals surface area contributed by atoms with E-state index in [0.717, 1.165) is 19.4 Å². The van der Waals surface area contributed by atoms with E-state index in [2.05, 4.69) is 35.4 Å². The number of nitrogens with one attached hydrogen (secondary N) is 1. The van der Waals surface area contributed by atoms with Crippen LogP contribution in [0.2, 0.25) is 0 Å². The van der Waals surface area contributed by atoms with Crippen LogP contribution in [0.25, 0.3) is 0 Å². The van der Waals surface area contributed by atoms with Crippen molar-refractivity contribution in [2.45, 2.75) is 31.4 Å². The quantitative estimate of drug-likeness (QED) is 0.812. The summed E-state index contributed by atoms with van der Waals surface area (Å²) >= 11 is 1.90. The largest absolute Gasteiger partial charge is 0.481 e. The molecule has 0 unspecified atom stereocenters. The lowest BCUT2D eigenvalue weighted by Gasteiger charge is -2.29. The number of aromatic nitrogens is 2. The van der Waals surface area contributed by atoms with Crippen LogP contribution in [0.5, 0.6) is 5.88 Å². The molecule has 1 aromatic heterocycles. The van der Waals surface area contributed by atoms with Gasteiger partial charge in [0.2, 0.25) is 11.8 Å². The molecule has 0 radical (unpaired) electrons. The molecule has 0 saturated heterocycles. The van der Waals surface area contributed by atoms with E-state index in [0.29, 0.717) is 11.8 Å². The number of rotatable bonds is 7. The van der Waals surface area contributed by atoms with Crippen LogP contribution >= 0.6 is 11.8 Å². The molecule has 0 aromatic carbocycles. The molecular formula is C12H21N3OS. The van der Waals surface area contributed by atoms with Crippen molar-refractivity contribution in [3.8, 4) is 5.88 Å². The summed E-state index contributed by atoms with van der Waals surface area (Å²) in [4.78, 5) is 8.43. The Morgan fingerprint density at radius 2 is 2.12 bits per heavy atom. The Bertz CT molecular complexity index is 334. The Morgan fingerprint density at radius 3 is 2.65 bits per heavy atom. The van der Waals surface area contributed by atoms with Crippen molar-refractivity contribution < 1.29 is 4.74 Å². The zero-order valence-corrected chi connectivity index (χ0v) is 11.8. The first-order chi connectivity index (χ1) is 8.19. The van der Waals surface area contributed by atoms with E-state index in [-0.39, 0.29) is 4.75 Å². The SMILES string of the molecule is CCC(CC)(CNc1nccc(OC)n1)SC. The molecule has 0 bridgehead atoms. The molecule has 1 rings (SSSR count). The topological polar surface area (TPSA) is 47.0 Å². The summed E-state index contributed by atoms with van der Waals surface area (Å²) in [6, 6.07) is 1.74. The van der Waals surface area contributed by atoms with Crippen molar-refractivity contribution >= 4 is 17.7 Å². The third-order valence-corrected chi connectivity index (χ3v) is 4.72. The first-order valence-electron chi connectivity index (χ1n) is 5.85. The fourth-order valence-corrected chi connectivity index (χ4v) is 2.44. The summed E-state index contributed by atoms with van der Waals surface area (Å²) in [7, 11) is 1.61. The van der Waals surface area contributed by atoms with Gasteiger partial charge in [-0.2, -0.15) is 16.7 Å². The zero-order valence-electron chi connectivity index (χ0n) is 11.0. The van der Waals surface area contributed by atoms with Gasteiger partial charge in [-0.05, 0) is 19.1 Å². The van der Waals surface area contributed by atoms with Gasteiger partial charge in [-0.25, -0.2) is 4.98 Å². The minimum Gasteiger partial charge on any atom is -0.481 e. The van der Waals surface area contributed by atoms with Crippen LogP contribution in [0, 0.1) is 0 Å². The van der Waals surface area contributed by atoms with Gasteiger partial charge < -0.3 is 10.1 Å². The molecular weight excluding hydrogens is 234 g/mol. The second kappa shape index (κ2) is 6.69. The number of ether oxygens (including phenoxy) is 1. The van der Waals surface area contributed by atoms with Crippen molar-refractivity contribution in [3.05, 3.63) is 12.3 Å². The lowest BCUT2D eigenvalue weighted by atomic mass is 10.0. The van der Waals surface area contributed by atoms with E-state index in [1.54, 1.807) is 19.4 Å². The first kappa shape index (κ1) is 14.1. The minimum absolute atomic E-state index is 0.256. The van der Waals surface area contributed by atoms with Crippen LogP contribution in [-0.2, 0) is 0 Å². The molecule has 1 N–H and O–H groups in total. The van der Waals surface area contributed by atoms with Gasteiger partial charge in [-0.3, -0.25) is 0 Å². The Balaban J connectivity index is 2.65. The van der Waals surface area contributed by atoms with Gasteiger partial charge in [0.15, 0.2) is 0 Å². The van der Waals surface area contributed by atoms with Crippen molar-refractivity contribution in [2.75, 3.05) is 25.2 Å². The number of anilines is 1. The summed E-state index contributed by atoms with van der Waals surface area (Å²) in [6.45, 7) is 5.30. The maximum Gasteiger partial charge on any atom is 0.225 e. The van der Waals surface area contributed by atoms with Crippen molar-refractivity contribution in [3.63, 3.8) is 0 Å². The fraction of sp³-hybridized carbons (Fsp3) is 0.667. The average Bonchev–Trinajstić information content (AvgIpc) is 2.41. The molecule has 0 atom stereocenters. The number of methoxy groups -OCH3 is 1. The van der Waals surface area contributed by atoms with E-state index >= 15 is 0 Å². The summed E-state index contributed by atoms with van der Waals surface area (Å²) in [5.41, 5.74) is 0. The molecule has 17 heavy (non-hydrogen) atoms. The van der Waals surface area contributed by atoms with Gasteiger partial charge in [0.05, 0.1) is 7.11 Å². The number of thioether (sulfide) groups is 1. The van der Waals surface area contributed by atoms with Crippen molar-refractivity contribution in [2.24, 2.45) is 0 Å². The summed E-state index contributed by atoms with van der Waals surface area (Å²) in [5.74, 6) is 1.22. The molecule has 0 aliphatic rings. The van der Waals surface area contributed by atoms with Gasteiger partial charge in [0.25, 0.3) is 0 Å². The van der Waals surface area contributed by atoms with Crippen LogP contribution in [0.15, 0.2) is 12.3 Å². The van der Waals surface area contributed by atoms with E-state index in [9.17, 15) is 0 Å². The molecule has 96 valence electrons. The van der Waals surface area contributed by atoms with Crippen LogP contribution in [0.3, 0.4) is 0 Å². The molecule has 0 aliphatic heterocycles. The second-order valence-electron chi connectivity index (χ2n) is 3.87. The molecule has 4 nitrogen and oxygen atoms in total. The smallest absolute Gasteiger partial charge is 0.225 e. The van der Waals surface area contributed by atoms with E-state index in [1.807, 2.05) is 11.8 Å². The van der Waals surface area contributed by atoms with Gasteiger partial charge in [0, 0.05) is 23.6 Å². The third-order valence-electron chi connectivity index (χ3n) is 3.13. The van der Waals surface area contributed by atoms with Gasteiger partial charge in [-0.1, -0.05) is 13.8 Å². The van der Waals surface area contributed by atoms with Gasteiger partial charge >= 0.3 is 0 Å². The van der Waals surface area contributed by atoms with Crippen LogP contribution in [0.1, 0.15) is 26.7 Å². The average molecular weight is 255 g/mol. The van der Waals surface area contributed by atoms with E-state index < -0.39 is 0 Å². The Morgan fingerprint density at radius 1 is 1.41 bits per heavy atom. The molecule has 5 heteroatoms. The Hall–Kier alpha value is -0.970. The van der Waals surface area contributed by atoms with Crippen molar-refractivity contribution in [1.82, 2.24) is 9.97 Å². The van der Waals surface area contributed by atoms with Crippen LogP contribution in [0.4, 0.5) is 5.95 Å². The fourth-order valence-electron chi connectivity index (χ4n) is 1.64. The standard InChI is InChI=1S/C12H21N3OS/c1-5-12(6-2,17-4)9-14-11-13-8-7-10(15-11)16-3/h7-8H,5-6,9H2,1-4H3,(H,13,14,15). The first-order valence-corrected chi connectivity index (χ1v) is 7.08. The third kappa shape index (κ3) is 3.77. The molecule has 0 aliphatic carbocycles. The highest BCUT2D eigenvalue weighted by molar-refractivity contribution is 8.00. The molecule has 0 amide bonds. The maximum absolute atomic E-state index is 5.07. The molecule has 0 saturated carbocycles.